The third-order valence-corrected chi connectivity index (χ3v) is 3.06. The van der Waals surface area contributed by atoms with Crippen molar-refractivity contribution in [1.82, 2.24) is 9.55 Å². The lowest BCUT2D eigenvalue weighted by atomic mass is 9.92. The molecule has 1 heterocycles. The van der Waals surface area contributed by atoms with Crippen LogP contribution in [0.4, 0.5) is 5.69 Å². The Balaban J connectivity index is 2.49. The van der Waals surface area contributed by atoms with Crippen molar-refractivity contribution in [2.75, 3.05) is 5.73 Å². The minimum absolute atomic E-state index is 0.132. The minimum atomic E-state index is -3.09. The highest BCUT2D eigenvalue weighted by Gasteiger charge is 2.30. The van der Waals surface area contributed by atoms with Crippen LogP contribution >= 0.6 is 0 Å². The number of Topliss-reactive ketones (excluding diaryl/α,β-unsaturated/α-hetero) is 2. The normalized spacial score (nSPS) is 33.3. The van der Waals surface area contributed by atoms with E-state index in [1.54, 1.807) is 0 Å². The molecule has 2 unspecified atom stereocenters. The molecule has 0 aliphatic heterocycles. The maximum Gasteiger partial charge on any atom is 0.264 e. The molecule has 1 aromatic carbocycles. The molecule has 2 atom stereocenters. The predicted molar refractivity (Wildman–Crippen MR) is 78.1 cm³/mol. The van der Waals surface area contributed by atoms with Crippen molar-refractivity contribution in [2.24, 2.45) is 0 Å². The van der Waals surface area contributed by atoms with E-state index in [0.29, 0.717) is 4.57 Å². The molecule has 1 fully saturated rings. The summed E-state index contributed by atoms with van der Waals surface area (Å²) in [7, 11) is 0. The van der Waals surface area contributed by atoms with Gasteiger partial charge in [-0.3, -0.25) is 19.0 Å². The third-order valence-electron chi connectivity index (χ3n) is 3.06. The summed E-state index contributed by atoms with van der Waals surface area (Å²) in [5.74, 6) is -2.72. The SMILES string of the molecule is [2H]Cc1nc2cc([2H])c([2H])c(N)c2c(=O)n1C1([2H])C(=O)CC(=O)C([2H])C1([2H])[2H]. The third kappa shape index (κ3) is 2.12. The summed E-state index contributed by atoms with van der Waals surface area (Å²) in [5, 5.41) is -0.396. The Morgan fingerprint density at radius 1 is 1.57 bits per heavy atom. The lowest BCUT2D eigenvalue weighted by Gasteiger charge is -2.24. The van der Waals surface area contributed by atoms with Crippen molar-refractivity contribution in [3.63, 3.8) is 0 Å². The van der Waals surface area contributed by atoms with Crippen LogP contribution in [0.5, 0.6) is 0 Å². The number of nitrogens with two attached hydrogens (primary N) is 1. The standard InChI is InChI=1S/C15H15N3O3/c1-8-17-11-4-2-3-10(16)14(11)15(21)18(8)12-6-5-9(19)7-13(12)20/h2-4,12H,5-7,16H2,1H3/i1D,2D,3D,5D,6D2,12D. The average Bonchev–Trinajstić information content (AvgIpc) is 2.62. The van der Waals surface area contributed by atoms with E-state index in [9.17, 15) is 14.4 Å². The van der Waals surface area contributed by atoms with E-state index in [-0.39, 0.29) is 11.6 Å². The van der Waals surface area contributed by atoms with Crippen LogP contribution in [0.3, 0.4) is 0 Å². The van der Waals surface area contributed by atoms with Gasteiger partial charge in [0.05, 0.1) is 27.5 Å². The number of anilines is 1. The van der Waals surface area contributed by atoms with Gasteiger partial charge in [0, 0.05) is 17.6 Å². The van der Waals surface area contributed by atoms with Gasteiger partial charge in [0.2, 0.25) is 0 Å². The number of carbonyl (C=O) groups is 2. The van der Waals surface area contributed by atoms with Crippen molar-refractivity contribution in [1.29, 1.82) is 0 Å². The highest BCUT2D eigenvalue weighted by molar-refractivity contribution is 6.03. The molecule has 6 heteroatoms. The van der Waals surface area contributed by atoms with Gasteiger partial charge in [-0.15, -0.1) is 0 Å². The first-order valence-electron chi connectivity index (χ1n) is 9.77. The number of aryl methyl sites for hydroxylation is 1. The van der Waals surface area contributed by atoms with Gasteiger partial charge in [-0.25, -0.2) is 4.98 Å². The Morgan fingerprint density at radius 3 is 3.14 bits per heavy atom. The molecule has 2 aromatic rings. The van der Waals surface area contributed by atoms with Crippen molar-refractivity contribution < 1.29 is 19.2 Å². The molecule has 1 saturated carbocycles. The topological polar surface area (TPSA) is 95.0 Å². The van der Waals surface area contributed by atoms with Gasteiger partial charge in [0.25, 0.3) is 5.56 Å². The number of rotatable bonds is 1. The highest BCUT2D eigenvalue weighted by atomic mass is 16.2. The fraction of sp³-hybridized carbons (Fsp3) is 0.333. The van der Waals surface area contributed by atoms with Crippen molar-refractivity contribution in [3.05, 3.63) is 34.3 Å². The van der Waals surface area contributed by atoms with E-state index in [1.165, 1.54) is 0 Å². The van der Waals surface area contributed by atoms with Crippen molar-refractivity contribution in [2.45, 2.75) is 32.1 Å². The van der Waals surface area contributed by atoms with Crippen molar-refractivity contribution in [3.8, 4) is 0 Å². The Labute approximate surface area is 130 Å². The fourth-order valence-electron chi connectivity index (χ4n) is 2.13. The van der Waals surface area contributed by atoms with Crippen molar-refractivity contribution >= 4 is 28.2 Å². The summed E-state index contributed by atoms with van der Waals surface area (Å²) >= 11 is 0. The molecule has 3 rings (SSSR count). The molecule has 6 nitrogen and oxygen atoms in total. The van der Waals surface area contributed by atoms with Gasteiger partial charge in [-0.1, -0.05) is 6.04 Å². The van der Waals surface area contributed by atoms with Crippen LogP contribution in [-0.4, -0.2) is 21.1 Å². The Hall–Kier alpha value is -2.50. The first kappa shape index (κ1) is 7.49. The van der Waals surface area contributed by atoms with E-state index >= 15 is 0 Å². The number of nitrogen functional groups attached to an aromatic ring is 1. The Kier molecular flexibility index (Phi) is 1.71. The molecule has 0 bridgehead atoms. The first-order valence-corrected chi connectivity index (χ1v) is 5.98. The zero-order valence-electron chi connectivity index (χ0n) is 17.8. The summed E-state index contributed by atoms with van der Waals surface area (Å²) in [5.41, 5.74) is 4.05. The Morgan fingerprint density at radius 2 is 2.38 bits per heavy atom. The predicted octanol–water partition coefficient (Wildman–Crippen LogP) is 1.15. The second kappa shape index (κ2) is 4.80. The second-order valence-electron chi connectivity index (χ2n) is 4.46. The molecule has 0 spiro atoms. The summed E-state index contributed by atoms with van der Waals surface area (Å²) in [6, 6.07) is -2.76. The smallest absolute Gasteiger partial charge is 0.264 e. The van der Waals surface area contributed by atoms with Gasteiger partial charge >= 0.3 is 0 Å². The minimum Gasteiger partial charge on any atom is -0.398 e. The summed E-state index contributed by atoms with van der Waals surface area (Å²) in [6.07, 6.45) is -6.09. The van der Waals surface area contributed by atoms with E-state index < -0.39 is 72.2 Å². The van der Waals surface area contributed by atoms with Crippen LogP contribution in [0.15, 0.2) is 22.9 Å². The molecule has 1 aliphatic rings. The van der Waals surface area contributed by atoms with E-state index in [2.05, 4.69) is 4.98 Å². The van der Waals surface area contributed by atoms with Crippen LogP contribution < -0.4 is 11.3 Å². The van der Waals surface area contributed by atoms with Crippen LogP contribution in [-0.2, 0) is 9.59 Å². The lowest BCUT2D eigenvalue weighted by Crippen LogP contribution is -2.36. The number of nitrogens with zero attached hydrogens (tertiary/aromatic N) is 2. The number of ketones is 2. The maximum absolute atomic E-state index is 13.1. The van der Waals surface area contributed by atoms with E-state index in [1.807, 2.05) is 0 Å². The number of carbonyl (C=O) groups excluding carboxylic acids is 2. The molecule has 0 radical (unpaired) electrons. The molecule has 1 aliphatic carbocycles. The largest absolute Gasteiger partial charge is 0.398 e. The van der Waals surface area contributed by atoms with Gasteiger partial charge in [-0.2, -0.15) is 0 Å². The molecule has 1 aromatic heterocycles. The molecular formula is C15H15N3O3. The number of fused-ring (bicyclic) bond motifs is 1. The maximum atomic E-state index is 13.1. The van der Waals surface area contributed by atoms with Crippen LogP contribution in [0.25, 0.3) is 10.9 Å². The number of hydrogen-bond donors (Lipinski definition) is 1. The van der Waals surface area contributed by atoms with Gasteiger partial charge < -0.3 is 5.73 Å². The summed E-state index contributed by atoms with van der Waals surface area (Å²) in [6.45, 7) is -0.721. The quantitative estimate of drug-likeness (QED) is 0.628. The zero-order chi connectivity index (χ0) is 21.2. The monoisotopic (exact) mass is 292 g/mol. The van der Waals surface area contributed by atoms with Gasteiger partial charge in [-0.05, 0) is 25.4 Å². The van der Waals surface area contributed by atoms with Crippen LogP contribution in [0, 0.1) is 6.90 Å². The molecule has 2 N–H and O–H groups in total. The fourth-order valence-corrected chi connectivity index (χ4v) is 2.13. The lowest BCUT2D eigenvalue weighted by molar-refractivity contribution is -0.132. The van der Waals surface area contributed by atoms with Gasteiger partial charge in [0.1, 0.15) is 11.6 Å². The van der Waals surface area contributed by atoms with Crippen LogP contribution in [0.2, 0.25) is 0 Å². The van der Waals surface area contributed by atoms with Crippen LogP contribution in [0.1, 0.15) is 40.6 Å². The van der Waals surface area contributed by atoms with Gasteiger partial charge in [0.15, 0.2) is 5.78 Å². The molecule has 0 amide bonds. The first-order chi connectivity index (χ1) is 12.9. The summed E-state index contributed by atoms with van der Waals surface area (Å²) < 4.78 is 56.0. The highest BCUT2D eigenvalue weighted by Crippen LogP contribution is 2.24. The summed E-state index contributed by atoms with van der Waals surface area (Å²) in [4.78, 5) is 41.5. The average molecular weight is 292 g/mol. The van der Waals surface area contributed by atoms with E-state index in [4.69, 9.17) is 15.3 Å². The molecular weight excluding hydrogens is 270 g/mol. The zero-order valence-corrected chi connectivity index (χ0v) is 10.8. The number of hydrogen-bond acceptors (Lipinski definition) is 5. The van der Waals surface area contributed by atoms with E-state index in [0.717, 1.165) is 6.07 Å². The number of aromatic nitrogens is 2. The molecule has 108 valence electrons. The molecule has 0 saturated heterocycles. The molecule has 21 heavy (non-hydrogen) atoms. The number of benzene rings is 1. The second-order valence-corrected chi connectivity index (χ2v) is 4.46. The Bertz CT molecular complexity index is 1100.